The van der Waals surface area contributed by atoms with Gasteiger partial charge in [-0.25, -0.2) is 0 Å². The first-order valence-corrected chi connectivity index (χ1v) is 4.17. The molecule has 0 aliphatic carbocycles. The van der Waals surface area contributed by atoms with E-state index in [1.165, 1.54) is 11.8 Å². The molecule has 10 heavy (non-hydrogen) atoms. The molecule has 0 spiro atoms. The van der Waals surface area contributed by atoms with Gasteiger partial charge in [0.05, 0.1) is 0 Å². The zero-order valence-electron chi connectivity index (χ0n) is 5.70. The fraction of sp³-hybridized carbons (Fsp3) is 0.500. The predicted octanol–water partition coefficient (Wildman–Crippen LogP) is 1.27. The molecule has 0 saturated heterocycles. The molecule has 0 unspecified atom stereocenters. The van der Waals surface area contributed by atoms with Crippen molar-refractivity contribution >= 4 is 17.5 Å². The summed E-state index contributed by atoms with van der Waals surface area (Å²) in [5, 5.41) is 16.8. The van der Waals surface area contributed by atoms with Crippen molar-refractivity contribution < 1.29 is 15.0 Å². The summed E-state index contributed by atoms with van der Waals surface area (Å²) in [7, 11) is 0. The Bertz CT molecular complexity index is 142. The van der Waals surface area contributed by atoms with Gasteiger partial charge in [0.25, 0.3) is 0 Å². The fourth-order valence-corrected chi connectivity index (χ4v) is 0.784. The average molecular weight is 162 g/mol. The molecule has 0 amide bonds. The Kier molecular flexibility index (Phi) is 4.84. The Morgan fingerprint density at radius 2 is 2.30 bits per heavy atom. The van der Waals surface area contributed by atoms with Crippen LogP contribution in [0.5, 0.6) is 0 Å². The van der Waals surface area contributed by atoms with E-state index in [0.29, 0.717) is 12.0 Å². The van der Waals surface area contributed by atoms with E-state index in [2.05, 4.69) is 0 Å². The summed E-state index contributed by atoms with van der Waals surface area (Å²) in [6.45, 7) is 0. The van der Waals surface area contributed by atoms with E-state index in [9.17, 15) is 4.79 Å². The van der Waals surface area contributed by atoms with Crippen molar-refractivity contribution in [2.24, 2.45) is 0 Å². The van der Waals surface area contributed by atoms with Gasteiger partial charge in [0.15, 0.2) is 5.76 Å². The van der Waals surface area contributed by atoms with Gasteiger partial charge in [-0.2, -0.15) is 11.8 Å². The van der Waals surface area contributed by atoms with E-state index >= 15 is 0 Å². The zero-order valence-corrected chi connectivity index (χ0v) is 6.52. The standard InChI is InChI=1S/C6H10O3S/c1-10-3-2-5(8)6(9)4-7/h4,7,9H,2-3H2,1H3. The largest absolute Gasteiger partial charge is 0.512 e. The van der Waals surface area contributed by atoms with Crippen LogP contribution in [0, 0.1) is 0 Å². The Hall–Kier alpha value is -0.640. The highest BCUT2D eigenvalue weighted by Crippen LogP contribution is 2.00. The number of rotatable bonds is 4. The molecule has 4 heteroatoms. The molecule has 0 radical (unpaired) electrons. The molecule has 0 aromatic rings. The van der Waals surface area contributed by atoms with Gasteiger partial charge in [-0.15, -0.1) is 0 Å². The van der Waals surface area contributed by atoms with Crippen molar-refractivity contribution in [2.45, 2.75) is 6.42 Å². The van der Waals surface area contributed by atoms with Gasteiger partial charge in [0.2, 0.25) is 5.78 Å². The third-order valence-electron chi connectivity index (χ3n) is 0.941. The van der Waals surface area contributed by atoms with Gasteiger partial charge in [0.1, 0.15) is 6.26 Å². The summed E-state index contributed by atoms with van der Waals surface area (Å²) in [6, 6.07) is 0. The van der Waals surface area contributed by atoms with Crippen LogP contribution in [-0.4, -0.2) is 28.0 Å². The third kappa shape index (κ3) is 3.40. The summed E-state index contributed by atoms with van der Waals surface area (Å²) in [6.07, 6.45) is 2.56. The maximum absolute atomic E-state index is 10.6. The molecule has 2 N–H and O–H groups in total. The molecule has 0 heterocycles. The number of Topliss-reactive ketones (excluding diaryl/α,β-unsaturated/α-hetero) is 1. The summed E-state index contributed by atoms with van der Waals surface area (Å²) in [5.74, 6) is -0.317. The fourth-order valence-electron chi connectivity index (χ4n) is 0.395. The number of hydrogen-bond acceptors (Lipinski definition) is 4. The molecule has 0 aromatic heterocycles. The number of hydrogen-bond donors (Lipinski definition) is 2. The first-order chi connectivity index (χ1) is 4.72. The van der Waals surface area contributed by atoms with Gasteiger partial charge in [0, 0.05) is 12.2 Å². The monoisotopic (exact) mass is 162 g/mol. The van der Waals surface area contributed by atoms with Gasteiger partial charge in [-0.05, 0) is 6.26 Å². The highest BCUT2D eigenvalue weighted by molar-refractivity contribution is 7.98. The van der Waals surface area contributed by atoms with Crippen LogP contribution in [0.3, 0.4) is 0 Å². The minimum atomic E-state index is -0.561. The molecule has 58 valence electrons. The normalized spacial score (nSPS) is 11.5. The zero-order chi connectivity index (χ0) is 7.98. The van der Waals surface area contributed by atoms with E-state index in [1.807, 2.05) is 6.26 Å². The van der Waals surface area contributed by atoms with Crippen LogP contribution >= 0.6 is 11.8 Å². The minimum Gasteiger partial charge on any atom is -0.512 e. The van der Waals surface area contributed by atoms with E-state index in [4.69, 9.17) is 10.2 Å². The Morgan fingerprint density at radius 1 is 1.70 bits per heavy atom. The van der Waals surface area contributed by atoms with Gasteiger partial charge >= 0.3 is 0 Å². The van der Waals surface area contributed by atoms with Gasteiger partial charge in [-0.3, -0.25) is 4.79 Å². The van der Waals surface area contributed by atoms with Crippen molar-refractivity contribution in [1.82, 2.24) is 0 Å². The van der Waals surface area contributed by atoms with Crippen LogP contribution < -0.4 is 0 Å². The molecule has 0 aliphatic rings. The number of carbonyl (C=O) groups excluding carboxylic acids is 1. The molecule has 3 nitrogen and oxygen atoms in total. The smallest absolute Gasteiger partial charge is 0.201 e. The SMILES string of the molecule is CSCCC(=O)C(O)=CO. The van der Waals surface area contributed by atoms with Crippen molar-refractivity contribution in [1.29, 1.82) is 0 Å². The van der Waals surface area contributed by atoms with E-state index in [1.54, 1.807) is 0 Å². The number of aliphatic hydroxyl groups is 2. The Balaban J connectivity index is 3.63. The van der Waals surface area contributed by atoms with E-state index in [0.717, 1.165) is 0 Å². The highest BCUT2D eigenvalue weighted by Gasteiger charge is 2.05. The molecule has 0 fully saturated rings. The lowest BCUT2D eigenvalue weighted by atomic mass is 10.3. The molecule has 0 bridgehead atoms. The molecule has 0 saturated carbocycles. The molecular weight excluding hydrogens is 152 g/mol. The first-order valence-electron chi connectivity index (χ1n) is 2.78. The van der Waals surface area contributed by atoms with Crippen LogP contribution in [0.25, 0.3) is 0 Å². The Labute approximate surface area is 63.7 Å². The predicted molar refractivity (Wildman–Crippen MR) is 41.3 cm³/mol. The highest BCUT2D eigenvalue weighted by atomic mass is 32.2. The van der Waals surface area contributed by atoms with Crippen LogP contribution in [0.2, 0.25) is 0 Å². The lowest BCUT2D eigenvalue weighted by molar-refractivity contribution is -0.117. The Morgan fingerprint density at radius 3 is 2.70 bits per heavy atom. The number of carbonyl (C=O) groups is 1. The second-order valence-electron chi connectivity index (χ2n) is 1.68. The quantitative estimate of drug-likeness (QED) is 0.482. The lowest BCUT2D eigenvalue weighted by Crippen LogP contribution is -2.02. The van der Waals surface area contributed by atoms with E-state index in [-0.39, 0.29) is 6.42 Å². The topological polar surface area (TPSA) is 57.5 Å². The third-order valence-corrected chi connectivity index (χ3v) is 1.55. The molecular formula is C6H10O3S. The summed E-state index contributed by atoms with van der Waals surface area (Å²) < 4.78 is 0. The number of aliphatic hydroxyl groups excluding tert-OH is 2. The van der Waals surface area contributed by atoms with Crippen LogP contribution in [0.15, 0.2) is 12.0 Å². The lowest BCUT2D eigenvalue weighted by Gasteiger charge is -1.94. The first kappa shape index (κ1) is 9.36. The molecule has 0 aromatic carbocycles. The number of ketones is 1. The average Bonchev–Trinajstić information content (AvgIpc) is 1.98. The van der Waals surface area contributed by atoms with Crippen LogP contribution in [-0.2, 0) is 4.79 Å². The molecule has 0 atom stereocenters. The summed E-state index contributed by atoms with van der Waals surface area (Å²) >= 11 is 1.52. The summed E-state index contributed by atoms with van der Waals surface area (Å²) in [4.78, 5) is 10.6. The van der Waals surface area contributed by atoms with Gasteiger partial charge in [-0.1, -0.05) is 0 Å². The summed E-state index contributed by atoms with van der Waals surface area (Å²) in [5.41, 5.74) is 0. The maximum atomic E-state index is 10.6. The van der Waals surface area contributed by atoms with Crippen molar-refractivity contribution in [3.63, 3.8) is 0 Å². The van der Waals surface area contributed by atoms with Crippen molar-refractivity contribution in [3.8, 4) is 0 Å². The molecule has 0 rings (SSSR count). The van der Waals surface area contributed by atoms with Crippen LogP contribution in [0.1, 0.15) is 6.42 Å². The van der Waals surface area contributed by atoms with Gasteiger partial charge < -0.3 is 10.2 Å². The second kappa shape index (κ2) is 5.17. The second-order valence-corrected chi connectivity index (χ2v) is 2.67. The van der Waals surface area contributed by atoms with Crippen molar-refractivity contribution in [2.75, 3.05) is 12.0 Å². The maximum Gasteiger partial charge on any atom is 0.201 e. The number of thioether (sulfide) groups is 1. The molecule has 0 aliphatic heterocycles. The van der Waals surface area contributed by atoms with Crippen LogP contribution in [0.4, 0.5) is 0 Å². The number of allylic oxidation sites excluding steroid dienone is 1. The van der Waals surface area contributed by atoms with Crippen molar-refractivity contribution in [3.05, 3.63) is 12.0 Å². The minimum absolute atomic E-state index is 0.268. The van der Waals surface area contributed by atoms with E-state index < -0.39 is 11.5 Å².